The molecule has 0 amide bonds. The van der Waals surface area contributed by atoms with Crippen LogP contribution in [0.2, 0.25) is 10.0 Å². The van der Waals surface area contributed by atoms with Crippen LogP contribution in [0.25, 0.3) is 0 Å². The quantitative estimate of drug-likeness (QED) is 0.831. The molecule has 0 aromatic heterocycles. The first kappa shape index (κ1) is 13.2. The minimum absolute atomic E-state index is 0.214. The molecule has 0 spiro atoms. The van der Waals surface area contributed by atoms with Crippen molar-refractivity contribution in [3.63, 3.8) is 0 Å². The Hall–Kier alpha value is -1.25. The molecule has 0 bridgehead atoms. The first-order valence-electron chi connectivity index (χ1n) is 5.50. The molecule has 0 aliphatic carbocycles. The maximum atomic E-state index is 13.3. The van der Waals surface area contributed by atoms with Gasteiger partial charge in [-0.05, 0) is 42.3 Å². The summed E-state index contributed by atoms with van der Waals surface area (Å²) in [6, 6.07) is 10.5. The van der Waals surface area contributed by atoms with Crippen LogP contribution < -0.4 is 5.32 Å². The van der Waals surface area contributed by atoms with Crippen molar-refractivity contribution in [2.24, 2.45) is 0 Å². The highest BCUT2D eigenvalue weighted by molar-refractivity contribution is 6.42. The van der Waals surface area contributed by atoms with Crippen LogP contribution in [-0.4, -0.2) is 0 Å². The van der Waals surface area contributed by atoms with E-state index >= 15 is 0 Å². The SMILES string of the molecule is Cc1ccc(NCc2ccc(Cl)c(Cl)c2)cc1F. The molecule has 4 heteroatoms. The van der Waals surface area contributed by atoms with Gasteiger partial charge in [-0.25, -0.2) is 4.39 Å². The molecule has 1 N–H and O–H groups in total. The summed E-state index contributed by atoms with van der Waals surface area (Å²) in [6.07, 6.45) is 0. The molecule has 0 heterocycles. The van der Waals surface area contributed by atoms with E-state index in [0.717, 1.165) is 11.3 Å². The third-order valence-electron chi connectivity index (χ3n) is 2.65. The molecule has 0 atom stereocenters. The molecular formula is C14H12Cl2FN. The molecule has 2 aromatic rings. The standard InChI is InChI=1S/C14H12Cl2FN/c1-9-2-4-11(7-14(9)17)18-8-10-3-5-12(15)13(16)6-10/h2-7,18H,8H2,1H3. The fourth-order valence-electron chi connectivity index (χ4n) is 1.56. The molecule has 2 rings (SSSR count). The molecule has 0 saturated heterocycles. The Labute approximate surface area is 116 Å². The maximum absolute atomic E-state index is 13.3. The Bertz CT molecular complexity index is 518. The van der Waals surface area contributed by atoms with Gasteiger partial charge in [0.15, 0.2) is 0 Å². The molecule has 0 saturated carbocycles. The van der Waals surface area contributed by atoms with Gasteiger partial charge in [0.05, 0.1) is 10.0 Å². The topological polar surface area (TPSA) is 12.0 Å². The minimum Gasteiger partial charge on any atom is -0.381 e. The lowest BCUT2D eigenvalue weighted by Gasteiger charge is -2.08. The molecule has 94 valence electrons. The molecule has 0 aliphatic rings. The summed E-state index contributed by atoms with van der Waals surface area (Å²) >= 11 is 11.8. The van der Waals surface area contributed by atoms with E-state index in [4.69, 9.17) is 23.2 Å². The summed E-state index contributed by atoms with van der Waals surface area (Å²) in [4.78, 5) is 0. The highest BCUT2D eigenvalue weighted by Gasteiger charge is 2.01. The molecule has 0 aliphatic heterocycles. The Morgan fingerprint density at radius 3 is 2.50 bits per heavy atom. The summed E-state index contributed by atoms with van der Waals surface area (Å²) in [5.74, 6) is -0.214. The monoisotopic (exact) mass is 283 g/mol. The molecule has 0 radical (unpaired) electrons. The van der Waals surface area contributed by atoms with Crippen molar-refractivity contribution in [1.29, 1.82) is 0 Å². The lowest BCUT2D eigenvalue weighted by atomic mass is 10.2. The van der Waals surface area contributed by atoms with Crippen molar-refractivity contribution in [3.05, 3.63) is 63.4 Å². The average molecular weight is 284 g/mol. The minimum atomic E-state index is -0.214. The van der Waals surface area contributed by atoms with Crippen molar-refractivity contribution in [2.45, 2.75) is 13.5 Å². The summed E-state index contributed by atoms with van der Waals surface area (Å²) in [5, 5.41) is 4.18. The van der Waals surface area contributed by atoms with Gasteiger partial charge in [-0.3, -0.25) is 0 Å². The zero-order valence-electron chi connectivity index (χ0n) is 9.81. The van der Waals surface area contributed by atoms with Gasteiger partial charge in [-0.1, -0.05) is 35.3 Å². The van der Waals surface area contributed by atoms with Crippen molar-refractivity contribution in [3.8, 4) is 0 Å². The van der Waals surface area contributed by atoms with Gasteiger partial charge in [-0.2, -0.15) is 0 Å². The second kappa shape index (κ2) is 5.59. The van der Waals surface area contributed by atoms with Crippen LogP contribution in [0.15, 0.2) is 36.4 Å². The van der Waals surface area contributed by atoms with E-state index in [-0.39, 0.29) is 5.82 Å². The maximum Gasteiger partial charge on any atom is 0.128 e. The van der Waals surface area contributed by atoms with Crippen molar-refractivity contribution >= 4 is 28.9 Å². The van der Waals surface area contributed by atoms with E-state index in [9.17, 15) is 4.39 Å². The van der Waals surface area contributed by atoms with E-state index in [1.807, 2.05) is 12.1 Å². The van der Waals surface area contributed by atoms with Gasteiger partial charge < -0.3 is 5.32 Å². The number of rotatable bonds is 3. The van der Waals surface area contributed by atoms with Gasteiger partial charge in [0.25, 0.3) is 0 Å². The van der Waals surface area contributed by atoms with Gasteiger partial charge in [0, 0.05) is 12.2 Å². The van der Waals surface area contributed by atoms with E-state index in [2.05, 4.69) is 5.32 Å². The third kappa shape index (κ3) is 3.15. The second-order valence-corrected chi connectivity index (χ2v) is 4.88. The smallest absolute Gasteiger partial charge is 0.128 e. The highest BCUT2D eigenvalue weighted by Crippen LogP contribution is 2.23. The number of halogens is 3. The van der Waals surface area contributed by atoms with Crippen LogP contribution >= 0.6 is 23.2 Å². The second-order valence-electron chi connectivity index (χ2n) is 4.07. The predicted octanol–water partition coefficient (Wildman–Crippen LogP) is 5.05. The summed E-state index contributed by atoms with van der Waals surface area (Å²) < 4.78 is 13.3. The zero-order chi connectivity index (χ0) is 13.1. The van der Waals surface area contributed by atoms with Crippen molar-refractivity contribution in [2.75, 3.05) is 5.32 Å². The summed E-state index contributed by atoms with van der Waals surface area (Å²) in [5.41, 5.74) is 2.37. The molecular weight excluding hydrogens is 272 g/mol. The number of anilines is 1. The van der Waals surface area contributed by atoms with E-state index in [1.54, 1.807) is 25.1 Å². The average Bonchev–Trinajstić information content (AvgIpc) is 2.35. The van der Waals surface area contributed by atoms with E-state index < -0.39 is 0 Å². The van der Waals surface area contributed by atoms with E-state index in [0.29, 0.717) is 22.2 Å². The van der Waals surface area contributed by atoms with Crippen molar-refractivity contribution < 1.29 is 4.39 Å². The Kier molecular flexibility index (Phi) is 4.10. The first-order chi connectivity index (χ1) is 8.56. The summed E-state index contributed by atoms with van der Waals surface area (Å²) in [6.45, 7) is 2.30. The molecule has 2 aromatic carbocycles. The predicted molar refractivity (Wildman–Crippen MR) is 74.9 cm³/mol. The largest absolute Gasteiger partial charge is 0.381 e. The Morgan fingerprint density at radius 1 is 1.06 bits per heavy atom. The molecule has 0 fully saturated rings. The normalized spacial score (nSPS) is 10.4. The van der Waals surface area contributed by atoms with Gasteiger partial charge in [0.1, 0.15) is 5.82 Å². The zero-order valence-corrected chi connectivity index (χ0v) is 11.3. The number of hydrogen-bond acceptors (Lipinski definition) is 1. The number of benzene rings is 2. The van der Waals surface area contributed by atoms with Crippen LogP contribution in [0.5, 0.6) is 0 Å². The van der Waals surface area contributed by atoms with Crippen molar-refractivity contribution in [1.82, 2.24) is 0 Å². The molecule has 1 nitrogen and oxygen atoms in total. The third-order valence-corrected chi connectivity index (χ3v) is 3.39. The van der Waals surface area contributed by atoms with Crippen LogP contribution in [-0.2, 0) is 6.54 Å². The number of aryl methyl sites for hydroxylation is 1. The fraction of sp³-hybridized carbons (Fsp3) is 0.143. The molecule has 0 unspecified atom stereocenters. The van der Waals surface area contributed by atoms with Crippen LogP contribution in [0.1, 0.15) is 11.1 Å². The van der Waals surface area contributed by atoms with Crippen LogP contribution in [0.4, 0.5) is 10.1 Å². The lowest BCUT2D eigenvalue weighted by molar-refractivity contribution is 0.619. The highest BCUT2D eigenvalue weighted by atomic mass is 35.5. The van der Waals surface area contributed by atoms with Crippen LogP contribution in [0, 0.1) is 12.7 Å². The molecule has 18 heavy (non-hydrogen) atoms. The van der Waals surface area contributed by atoms with Crippen LogP contribution in [0.3, 0.4) is 0 Å². The van der Waals surface area contributed by atoms with Gasteiger partial charge in [0.2, 0.25) is 0 Å². The summed E-state index contributed by atoms with van der Waals surface area (Å²) in [7, 11) is 0. The number of hydrogen-bond donors (Lipinski definition) is 1. The fourth-order valence-corrected chi connectivity index (χ4v) is 1.88. The number of nitrogens with one attached hydrogen (secondary N) is 1. The Balaban J connectivity index is 2.06. The van der Waals surface area contributed by atoms with Gasteiger partial charge in [-0.15, -0.1) is 0 Å². The Morgan fingerprint density at radius 2 is 1.83 bits per heavy atom. The van der Waals surface area contributed by atoms with Gasteiger partial charge >= 0.3 is 0 Å². The first-order valence-corrected chi connectivity index (χ1v) is 6.26. The lowest BCUT2D eigenvalue weighted by Crippen LogP contribution is -2.00. The van der Waals surface area contributed by atoms with E-state index in [1.165, 1.54) is 6.07 Å².